The maximum Gasteiger partial charge on any atom is 0.265 e. The summed E-state index contributed by atoms with van der Waals surface area (Å²) in [6.45, 7) is 1.31. The average molecular weight is 366 g/mol. The molecular weight excluding hydrogens is 348 g/mol. The molecule has 0 aliphatic heterocycles. The number of primary amides is 1. The van der Waals surface area contributed by atoms with Gasteiger partial charge in [-0.05, 0) is 43.3 Å². The summed E-state index contributed by atoms with van der Waals surface area (Å²) in [5, 5.41) is 14.1. The smallest absolute Gasteiger partial charge is 0.265 e. The lowest BCUT2D eigenvalue weighted by molar-refractivity contribution is -0.122. The van der Waals surface area contributed by atoms with Crippen molar-refractivity contribution in [2.45, 2.75) is 13.0 Å². The van der Waals surface area contributed by atoms with Gasteiger partial charge in [-0.3, -0.25) is 14.4 Å². The van der Waals surface area contributed by atoms with E-state index >= 15 is 0 Å². The van der Waals surface area contributed by atoms with Crippen molar-refractivity contribution in [3.05, 3.63) is 59.7 Å². The van der Waals surface area contributed by atoms with Crippen molar-refractivity contribution >= 4 is 23.4 Å². The van der Waals surface area contributed by atoms with Gasteiger partial charge in [0.2, 0.25) is 5.91 Å². The number of nitrogens with one attached hydrogen (secondary N) is 2. The fourth-order valence-electron chi connectivity index (χ4n) is 2.12. The van der Waals surface area contributed by atoms with E-state index in [1.807, 2.05) is 6.07 Å². The third kappa shape index (κ3) is 5.57. The highest BCUT2D eigenvalue weighted by atomic mass is 16.5. The number of anilines is 1. The first kappa shape index (κ1) is 19.5. The van der Waals surface area contributed by atoms with Gasteiger partial charge in [-0.1, -0.05) is 12.1 Å². The molecule has 1 unspecified atom stereocenters. The van der Waals surface area contributed by atoms with Crippen molar-refractivity contribution in [2.75, 3.05) is 11.9 Å². The summed E-state index contributed by atoms with van der Waals surface area (Å²) >= 11 is 0. The van der Waals surface area contributed by atoms with Crippen LogP contribution in [0.1, 0.15) is 22.8 Å². The second kappa shape index (κ2) is 9.01. The molecule has 0 aromatic heterocycles. The zero-order valence-corrected chi connectivity index (χ0v) is 14.6. The van der Waals surface area contributed by atoms with E-state index in [9.17, 15) is 14.4 Å². The number of benzene rings is 2. The Bertz CT molecular complexity index is 887. The van der Waals surface area contributed by atoms with Crippen LogP contribution >= 0.6 is 0 Å². The Labute approximate surface area is 155 Å². The van der Waals surface area contributed by atoms with Gasteiger partial charge in [0.05, 0.1) is 12.1 Å². The minimum absolute atomic E-state index is 0.254. The van der Waals surface area contributed by atoms with Crippen LogP contribution in [0.2, 0.25) is 0 Å². The highest BCUT2D eigenvalue weighted by Gasteiger charge is 2.17. The number of carbonyl (C=O) groups is 3. The number of hydrogen-bond donors (Lipinski definition) is 3. The molecule has 8 nitrogen and oxygen atoms in total. The first-order chi connectivity index (χ1) is 12.9. The normalized spacial score (nSPS) is 11.0. The number of ether oxygens (including phenoxy) is 1. The predicted octanol–water partition coefficient (Wildman–Crippen LogP) is 1.18. The Balaban J connectivity index is 1.96. The van der Waals surface area contributed by atoms with Gasteiger partial charge < -0.3 is 21.1 Å². The molecule has 0 fully saturated rings. The van der Waals surface area contributed by atoms with E-state index in [-0.39, 0.29) is 6.54 Å². The van der Waals surface area contributed by atoms with Crippen LogP contribution in [0.4, 0.5) is 5.69 Å². The fourth-order valence-corrected chi connectivity index (χ4v) is 2.12. The molecule has 2 rings (SSSR count). The van der Waals surface area contributed by atoms with Crippen molar-refractivity contribution in [1.29, 1.82) is 5.26 Å². The Morgan fingerprint density at radius 3 is 2.44 bits per heavy atom. The molecule has 0 saturated heterocycles. The van der Waals surface area contributed by atoms with Crippen LogP contribution in [-0.4, -0.2) is 30.4 Å². The predicted molar refractivity (Wildman–Crippen MR) is 97.8 cm³/mol. The van der Waals surface area contributed by atoms with E-state index in [1.165, 1.54) is 12.1 Å². The zero-order chi connectivity index (χ0) is 19.8. The third-order valence-corrected chi connectivity index (χ3v) is 3.52. The second-order valence-corrected chi connectivity index (χ2v) is 5.58. The lowest BCUT2D eigenvalue weighted by atomic mass is 10.2. The maximum atomic E-state index is 12.3. The van der Waals surface area contributed by atoms with Crippen LogP contribution in [0, 0.1) is 11.3 Å². The van der Waals surface area contributed by atoms with Crippen molar-refractivity contribution in [1.82, 2.24) is 5.32 Å². The van der Waals surface area contributed by atoms with Gasteiger partial charge in [0.1, 0.15) is 11.8 Å². The van der Waals surface area contributed by atoms with E-state index in [0.717, 1.165) is 0 Å². The summed E-state index contributed by atoms with van der Waals surface area (Å²) in [4.78, 5) is 34.7. The second-order valence-electron chi connectivity index (χ2n) is 5.58. The highest BCUT2D eigenvalue weighted by Crippen LogP contribution is 2.19. The lowest BCUT2D eigenvalue weighted by Crippen LogP contribution is -2.33. The third-order valence-electron chi connectivity index (χ3n) is 3.52. The van der Waals surface area contributed by atoms with E-state index in [2.05, 4.69) is 10.6 Å². The summed E-state index contributed by atoms with van der Waals surface area (Å²) < 4.78 is 5.54. The maximum absolute atomic E-state index is 12.3. The lowest BCUT2D eigenvalue weighted by Gasteiger charge is -2.15. The van der Waals surface area contributed by atoms with Gasteiger partial charge in [0.25, 0.3) is 11.8 Å². The molecule has 0 heterocycles. The average Bonchev–Trinajstić information content (AvgIpc) is 2.67. The summed E-state index contributed by atoms with van der Waals surface area (Å²) in [6.07, 6.45) is -0.835. The number of nitrogens with two attached hydrogens (primary N) is 1. The Hall–Kier alpha value is -3.86. The summed E-state index contributed by atoms with van der Waals surface area (Å²) in [6, 6.07) is 14.7. The van der Waals surface area contributed by atoms with Crippen LogP contribution < -0.4 is 21.1 Å². The van der Waals surface area contributed by atoms with E-state index in [0.29, 0.717) is 22.6 Å². The molecule has 2 aromatic rings. The standard InChI is InChI=1S/C19H18N4O4/c1-12(27-16-5-3-2-4-14(16)10-20)18(25)23-15-8-6-13(7-9-15)19(26)22-11-17(21)24/h2-9,12H,11H2,1H3,(H2,21,24)(H,22,26)(H,23,25). The summed E-state index contributed by atoms with van der Waals surface area (Å²) in [7, 11) is 0. The van der Waals surface area contributed by atoms with Gasteiger partial charge in [0.15, 0.2) is 6.10 Å². The molecule has 0 aliphatic carbocycles. The minimum Gasteiger partial charge on any atom is -0.480 e. The number of carbonyl (C=O) groups excluding carboxylic acids is 3. The number of rotatable bonds is 7. The molecular formula is C19H18N4O4. The van der Waals surface area contributed by atoms with Crippen LogP contribution in [0.3, 0.4) is 0 Å². The van der Waals surface area contributed by atoms with Crippen LogP contribution in [0.25, 0.3) is 0 Å². The molecule has 27 heavy (non-hydrogen) atoms. The van der Waals surface area contributed by atoms with E-state index in [4.69, 9.17) is 15.7 Å². The molecule has 0 aliphatic rings. The monoisotopic (exact) mass is 366 g/mol. The first-order valence-electron chi connectivity index (χ1n) is 8.04. The first-order valence-corrected chi connectivity index (χ1v) is 8.04. The molecule has 0 saturated carbocycles. The quantitative estimate of drug-likeness (QED) is 0.676. The molecule has 0 spiro atoms. The molecule has 8 heteroatoms. The van der Waals surface area contributed by atoms with Gasteiger partial charge in [0, 0.05) is 11.3 Å². The molecule has 4 N–H and O–H groups in total. The van der Waals surface area contributed by atoms with Crippen molar-refractivity contribution in [2.24, 2.45) is 5.73 Å². The molecule has 0 bridgehead atoms. The van der Waals surface area contributed by atoms with Gasteiger partial charge in [-0.15, -0.1) is 0 Å². The molecule has 3 amide bonds. The Morgan fingerprint density at radius 2 is 1.81 bits per heavy atom. The zero-order valence-electron chi connectivity index (χ0n) is 14.6. The van der Waals surface area contributed by atoms with Gasteiger partial charge >= 0.3 is 0 Å². The minimum atomic E-state index is -0.835. The van der Waals surface area contributed by atoms with Gasteiger partial charge in [-0.2, -0.15) is 5.26 Å². The SMILES string of the molecule is CC(Oc1ccccc1C#N)C(=O)Nc1ccc(C(=O)NCC(N)=O)cc1. The van der Waals surface area contributed by atoms with Crippen molar-refractivity contribution < 1.29 is 19.1 Å². The topological polar surface area (TPSA) is 134 Å². The Morgan fingerprint density at radius 1 is 1.15 bits per heavy atom. The summed E-state index contributed by atoms with van der Waals surface area (Å²) in [5.41, 5.74) is 6.09. The summed E-state index contributed by atoms with van der Waals surface area (Å²) in [5.74, 6) is -1.17. The molecule has 1 atom stereocenters. The highest BCUT2D eigenvalue weighted by molar-refractivity contribution is 5.98. The van der Waals surface area contributed by atoms with Crippen molar-refractivity contribution in [3.63, 3.8) is 0 Å². The van der Waals surface area contributed by atoms with Crippen LogP contribution in [-0.2, 0) is 9.59 Å². The number of amides is 3. The van der Waals surface area contributed by atoms with Crippen LogP contribution in [0.15, 0.2) is 48.5 Å². The number of nitriles is 1. The van der Waals surface area contributed by atoms with E-state index in [1.54, 1.807) is 43.3 Å². The fraction of sp³-hybridized carbons (Fsp3) is 0.158. The van der Waals surface area contributed by atoms with Crippen molar-refractivity contribution in [3.8, 4) is 11.8 Å². The number of para-hydroxylation sites is 1. The number of hydrogen-bond acceptors (Lipinski definition) is 5. The number of nitrogens with zero attached hydrogens (tertiary/aromatic N) is 1. The molecule has 0 radical (unpaired) electrons. The molecule has 138 valence electrons. The van der Waals surface area contributed by atoms with E-state index < -0.39 is 23.8 Å². The molecule has 2 aromatic carbocycles. The Kier molecular flexibility index (Phi) is 6.49. The van der Waals surface area contributed by atoms with Crippen LogP contribution in [0.5, 0.6) is 5.75 Å². The van der Waals surface area contributed by atoms with Gasteiger partial charge in [-0.25, -0.2) is 0 Å². The largest absolute Gasteiger partial charge is 0.480 e.